The van der Waals surface area contributed by atoms with Crippen LogP contribution in [0.4, 0.5) is 5.69 Å². The molecule has 0 saturated heterocycles. The highest BCUT2D eigenvalue weighted by Gasteiger charge is 2.06. The molecule has 1 aromatic rings. The second-order valence-corrected chi connectivity index (χ2v) is 4.41. The average Bonchev–Trinajstić information content (AvgIpc) is 1.93. The lowest BCUT2D eigenvalue weighted by Gasteiger charge is -2.05. The molecule has 4 nitrogen and oxygen atoms in total. The van der Waals surface area contributed by atoms with E-state index in [1.54, 1.807) is 0 Å². The van der Waals surface area contributed by atoms with Gasteiger partial charge in [-0.15, -0.1) is 0 Å². The number of hydrogen-bond acceptors (Lipinski definition) is 2. The van der Waals surface area contributed by atoms with Crippen molar-refractivity contribution >= 4 is 39.1 Å². The van der Waals surface area contributed by atoms with E-state index in [9.17, 15) is 8.42 Å². The molecule has 0 aromatic heterocycles. The maximum absolute atomic E-state index is 10.6. The van der Waals surface area contributed by atoms with E-state index in [1.165, 1.54) is 18.2 Å². The van der Waals surface area contributed by atoms with Crippen LogP contribution in [0, 0.1) is 0 Å². The van der Waals surface area contributed by atoms with Crippen LogP contribution in [0.3, 0.4) is 0 Å². The van der Waals surface area contributed by atoms with Gasteiger partial charge in [0.2, 0.25) is 0 Å². The van der Waals surface area contributed by atoms with Gasteiger partial charge in [0, 0.05) is 5.02 Å². The summed E-state index contributed by atoms with van der Waals surface area (Å²) in [6, 6.07) is 4.34. The minimum absolute atomic E-state index is 0.196. The summed E-state index contributed by atoms with van der Waals surface area (Å²) in [6.45, 7) is 0. The lowest BCUT2D eigenvalue weighted by molar-refractivity contribution is 0.603. The highest BCUT2D eigenvalue weighted by atomic mass is 35.5. The molecular formula is C6H6Cl2N2O2S. The van der Waals surface area contributed by atoms with Gasteiger partial charge >= 0.3 is 0 Å². The fourth-order valence-corrected chi connectivity index (χ4v) is 1.72. The first-order chi connectivity index (χ1) is 5.88. The van der Waals surface area contributed by atoms with Crippen molar-refractivity contribution in [3.8, 4) is 0 Å². The van der Waals surface area contributed by atoms with E-state index < -0.39 is 10.2 Å². The number of rotatable bonds is 2. The Morgan fingerprint density at radius 3 is 2.38 bits per heavy atom. The van der Waals surface area contributed by atoms with Gasteiger partial charge in [0.15, 0.2) is 0 Å². The van der Waals surface area contributed by atoms with Gasteiger partial charge in [0.1, 0.15) is 0 Å². The smallest absolute Gasteiger partial charge is 0.270 e. The number of nitrogens with two attached hydrogens (primary N) is 1. The summed E-state index contributed by atoms with van der Waals surface area (Å²) in [6.07, 6.45) is 0. The zero-order valence-electron chi connectivity index (χ0n) is 6.29. The largest absolute Gasteiger partial charge is 0.296 e. The molecule has 0 amide bonds. The van der Waals surface area contributed by atoms with Gasteiger partial charge in [-0.25, -0.2) is 5.14 Å². The molecule has 0 saturated carbocycles. The number of anilines is 1. The molecule has 0 aliphatic rings. The number of halogens is 2. The average molecular weight is 241 g/mol. The Bertz CT molecular complexity index is 419. The van der Waals surface area contributed by atoms with Gasteiger partial charge < -0.3 is 0 Å². The molecular weight excluding hydrogens is 235 g/mol. The summed E-state index contributed by atoms with van der Waals surface area (Å²) in [5, 5.41) is 5.36. The monoisotopic (exact) mass is 240 g/mol. The third kappa shape index (κ3) is 3.40. The molecule has 0 heterocycles. The molecule has 7 heteroatoms. The van der Waals surface area contributed by atoms with E-state index in [-0.39, 0.29) is 10.7 Å². The fraction of sp³-hybridized carbons (Fsp3) is 0. The third-order valence-electron chi connectivity index (χ3n) is 1.18. The zero-order valence-corrected chi connectivity index (χ0v) is 8.62. The van der Waals surface area contributed by atoms with Crippen molar-refractivity contribution in [3.63, 3.8) is 0 Å². The molecule has 0 fully saturated rings. The van der Waals surface area contributed by atoms with Gasteiger partial charge in [0.05, 0.1) is 10.7 Å². The van der Waals surface area contributed by atoms with Crippen molar-refractivity contribution in [2.75, 3.05) is 4.72 Å². The van der Waals surface area contributed by atoms with E-state index in [1.807, 2.05) is 4.72 Å². The lowest BCUT2D eigenvalue weighted by Crippen LogP contribution is -2.21. The van der Waals surface area contributed by atoms with Crippen molar-refractivity contribution < 1.29 is 8.42 Å². The summed E-state index contributed by atoms with van der Waals surface area (Å²) in [7, 11) is -3.79. The standard InChI is InChI=1S/C6H6Cl2N2O2S/c7-4-1-2-6(5(8)3-4)10-13(9,11)12/h1-3,10H,(H2,9,11,12). The van der Waals surface area contributed by atoms with Gasteiger partial charge in [-0.1, -0.05) is 23.2 Å². The Hall–Kier alpha value is -0.490. The summed E-state index contributed by atoms with van der Waals surface area (Å²) in [5.74, 6) is 0. The first-order valence-electron chi connectivity index (χ1n) is 3.14. The Kier molecular flexibility index (Phi) is 3.02. The molecule has 72 valence electrons. The molecule has 0 aliphatic carbocycles. The predicted octanol–water partition coefficient (Wildman–Crippen LogP) is 1.61. The molecule has 0 radical (unpaired) electrons. The minimum Gasteiger partial charge on any atom is -0.270 e. The Morgan fingerprint density at radius 2 is 1.92 bits per heavy atom. The van der Waals surface area contributed by atoms with Crippen LogP contribution in [0.5, 0.6) is 0 Å². The third-order valence-corrected chi connectivity index (χ3v) is 2.24. The molecule has 0 unspecified atom stereocenters. The van der Waals surface area contributed by atoms with Crippen LogP contribution in [-0.2, 0) is 10.2 Å². The van der Waals surface area contributed by atoms with Crippen molar-refractivity contribution in [1.82, 2.24) is 0 Å². The SMILES string of the molecule is NS(=O)(=O)Nc1ccc(Cl)cc1Cl. The summed E-state index contributed by atoms with van der Waals surface area (Å²) in [4.78, 5) is 0. The Labute approximate surface area is 85.8 Å². The van der Waals surface area contributed by atoms with Crippen LogP contribution in [0.15, 0.2) is 18.2 Å². The first kappa shape index (κ1) is 10.6. The summed E-state index contributed by atoms with van der Waals surface area (Å²) >= 11 is 11.3. The van der Waals surface area contributed by atoms with E-state index in [4.69, 9.17) is 28.3 Å². The minimum atomic E-state index is -3.79. The molecule has 1 aromatic carbocycles. The highest BCUT2D eigenvalue weighted by Crippen LogP contribution is 2.25. The fourth-order valence-electron chi connectivity index (χ4n) is 0.726. The van der Waals surface area contributed by atoms with E-state index in [0.29, 0.717) is 5.02 Å². The highest BCUT2D eigenvalue weighted by molar-refractivity contribution is 7.90. The molecule has 0 atom stereocenters. The first-order valence-corrected chi connectivity index (χ1v) is 5.44. The maximum Gasteiger partial charge on any atom is 0.296 e. The molecule has 0 bridgehead atoms. The van der Waals surface area contributed by atoms with Crippen LogP contribution in [0.1, 0.15) is 0 Å². The van der Waals surface area contributed by atoms with Gasteiger partial charge in [-0.2, -0.15) is 8.42 Å². The van der Waals surface area contributed by atoms with Crippen LogP contribution >= 0.6 is 23.2 Å². The Morgan fingerprint density at radius 1 is 1.31 bits per heavy atom. The van der Waals surface area contributed by atoms with Crippen LogP contribution < -0.4 is 9.86 Å². The van der Waals surface area contributed by atoms with E-state index in [2.05, 4.69) is 0 Å². The van der Waals surface area contributed by atoms with Gasteiger partial charge in [-0.3, -0.25) is 4.72 Å². The molecule has 0 aliphatic heterocycles. The quantitative estimate of drug-likeness (QED) is 0.825. The number of hydrogen-bond donors (Lipinski definition) is 2. The van der Waals surface area contributed by atoms with E-state index in [0.717, 1.165) is 0 Å². The lowest BCUT2D eigenvalue weighted by atomic mass is 10.3. The van der Waals surface area contributed by atoms with Crippen molar-refractivity contribution in [3.05, 3.63) is 28.2 Å². The van der Waals surface area contributed by atoms with Crippen molar-refractivity contribution in [2.24, 2.45) is 5.14 Å². The maximum atomic E-state index is 10.6. The van der Waals surface area contributed by atoms with Crippen molar-refractivity contribution in [1.29, 1.82) is 0 Å². The topological polar surface area (TPSA) is 72.2 Å². The van der Waals surface area contributed by atoms with Crippen LogP contribution in [0.25, 0.3) is 0 Å². The second-order valence-electron chi connectivity index (χ2n) is 2.27. The molecule has 1 rings (SSSR count). The number of nitrogens with one attached hydrogen (secondary N) is 1. The molecule has 0 spiro atoms. The Balaban J connectivity index is 3.04. The molecule has 3 N–H and O–H groups in total. The number of benzene rings is 1. The van der Waals surface area contributed by atoms with Crippen molar-refractivity contribution in [2.45, 2.75) is 0 Å². The predicted molar refractivity (Wildman–Crippen MR) is 53.2 cm³/mol. The molecule has 13 heavy (non-hydrogen) atoms. The second kappa shape index (κ2) is 3.71. The summed E-state index contributed by atoms with van der Waals surface area (Å²) in [5.41, 5.74) is 0.202. The van der Waals surface area contributed by atoms with Gasteiger partial charge in [0.25, 0.3) is 10.2 Å². The van der Waals surface area contributed by atoms with Gasteiger partial charge in [-0.05, 0) is 18.2 Å². The normalized spacial score (nSPS) is 11.3. The van der Waals surface area contributed by atoms with E-state index >= 15 is 0 Å². The zero-order chi connectivity index (χ0) is 10.1. The van der Waals surface area contributed by atoms with Crippen LogP contribution in [0.2, 0.25) is 10.0 Å². The summed E-state index contributed by atoms with van der Waals surface area (Å²) < 4.78 is 23.3. The van der Waals surface area contributed by atoms with Crippen LogP contribution in [-0.4, -0.2) is 8.42 Å².